The van der Waals surface area contributed by atoms with Gasteiger partial charge in [0, 0.05) is 5.92 Å². The van der Waals surface area contributed by atoms with Crippen LogP contribution < -0.4 is 14.2 Å². The van der Waals surface area contributed by atoms with E-state index in [1.165, 1.54) is 11.1 Å². The van der Waals surface area contributed by atoms with Gasteiger partial charge in [-0.1, -0.05) is 6.07 Å². The minimum Gasteiger partial charge on any atom is -0.504 e. The lowest BCUT2D eigenvalue weighted by atomic mass is 9.68. The monoisotopic (exact) mass is 356 g/mol. The summed E-state index contributed by atoms with van der Waals surface area (Å²) in [5.74, 6) is 3.18. The van der Waals surface area contributed by atoms with Gasteiger partial charge >= 0.3 is 0 Å². The van der Waals surface area contributed by atoms with Crippen molar-refractivity contribution in [2.45, 2.75) is 12.3 Å². The molecular weight excluding hydrogens is 332 g/mol. The molecule has 26 heavy (non-hydrogen) atoms. The highest BCUT2D eigenvalue weighted by atomic mass is 16.5. The van der Waals surface area contributed by atoms with E-state index in [1.807, 2.05) is 12.1 Å². The Morgan fingerprint density at radius 3 is 2.38 bits per heavy atom. The molecule has 1 N–H and O–H groups in total. The predicted molar refractivity (Wildman–Crippen MR) is 97.6 cm³/mol. The molecule has 0 spiro atoms. The Kier molecular flexibility index (Phi) is 4.41. The highest BCUT2D eigenvalue weighted by Crippen LogP contribution is 2.49. The Balaban J connectivity index is 1.87. The normalized spacial score (nSPS) is 23.9. The number of hydrogen-bond donors (Lipinski definition) is 1. The number of aromatic hydroxyl groups is 1. The number of phenolic OH excluding ortho intramolecular Hbond substituents is 1. The molecule has 1 fully saturated rings. The number of ether oxygens (including phenoxy) is 4. The first-order valence-corrected chi connectivity index (χ1v) is 8.85. The van der Waals surface area contributed by atoms with Crippen molar-refractivity contribution in [2.75, 3.05) is 34.5 Å². The molecule has 0 unspecified atom stereocenters. The van der Waals surface area contributed by atoms with E-state index in [2.05, 4.69) is 12.1 Å². The molecule has 5 heteroatoms. The van der Waals surface area contributed by atoms with Crippen molar-refractivity contribution in [1.82, 2.24) is 0 Å². The molecule has 1 saturated heterocycles. The summed E-state index contributed by atoms with van der Waals surface area (Å²) < 4.78 is 22.2. The molecular formula is C21H24O5. The molecule has 2 aromatic rings. The summed E-state index contributed by atoms with van der Waals surface area (Å²) in [6.07, 6.45) is 0.978. The highest BCUT2D eigenvalue weighted by Gasteiger charge is 2.42. The fraction of sp³-hybridized carbons (Fsp3) is 0.429. The molecule has 1 aliphatic carbocycles. The Hall–Kier alpha value is -2.40. The van der Waals surface area contributed by atoms with Crippen LogP contribution in [0.4, 0.5) is 0 Å². The quantitative estimate of drug-likeness (QED) is 0.910. The lowest BCUT2D eigenvalue weighted by molar-refractivity contribution is 0.179. The van der Waals surface area contributed by atoms with Gasteiger partial charge in [-0.25, -0.2) is 0 Å². The number of benzene rings is 2. The lowest BCUT2D eigenvalue weighted by Gasteiger charge is -2.35. The number of rotatable bonds is 4. The standard InChI is InChI=1S/C21H24O5/c1-23-18-7-12(4-5-17(18)22)21-15-9-20(25-3)19(24-2)8-13(15)6-14-10-26-11-16(14)21/h4-5,7-9,14,16,21-22H,6,10-11H2,1-3H3/t14-,16-,21-/m0/s1. The maximum Gasteiger partial charge on any atom is 0.161 e. The van der Waals surface area contributed by atoms with Crippen LogP contribution in [0.2, 0.25) is 0 Å². The van der Waals surface area contributed by atoms with Crippen molar-refractivity contribution in [3.63, 3.8) is 0 Å². The van der Waals surface area contributed by atoms with Crippen molar-refractivity contribution in [3.8, 4) is 23.0 Å². The molecule has 0 radical (unpaired) electrons. The molecule has 5 nitrogen and oxygen atoms in total. The van der Waals surface area contributed by atoms with Gasteiger partial charge in [-0.2, -0.15) is 0 Å². The smallest absolute Gasteiger partial charge is 0.161 e. The first-order valence-electron chi connectivity index (χ1n) is 8.85. The van der Waals surface area contributed by atoms with Gasteiger partial charge in [-0.3, -0.25) is 0 Å². The average molecular weight is 356 g/mol. The molecule has 4 rings (SSSR count). The van der Waals surface area contributed by atoms with Crippen LogP contribution in [0, 0.1) is 11.8 Å². The summed E-state index contributed by atoms with van der Waals surface area (Å²) in [5.41, 5.74) is 3.63. The zero-order valence-electron chi connectivity index (χ0n) is 15.3. The van der Waals surface area contributed by atoms with Crippen LogP contribution in [0.15, 0.2) is 30.3 Å². The zero-order valence-corrected chi connectivity index (χ0v) is 15.3. The molecule has 0 saturated carbocycles. The average Bonchev–Trinajstić information content (AvgIpc) is 3.13. The highest BCUT2D eigenvalue weighted by molar-refractivity contribution is 5.54. The van der Waals surface area contributed by atoms with Crippen LogP contribution in [0.25, 0.3) is 0 Å². The second-order valence-corrected chi connectivity index (χ2v) is 6.98. The Bertz CT molecular complexity index is 816. The summed E-state index contributed by atoms with van der Waals surface area (Å²) in [7, 11) is 4.90. The van der Waals surface area contributed by atoms with Crippen LogP contribution >= 0.6 is 0 Å². The van der Waals surface area contributed by atoms with E-state index in [9.17, 15) is 5.11 Å². The fourth-order valence-electron chi connectivity index (χ4n) is 4.42. The van der Waals surface area contributed by atoms with E-state index in [0.29, 0.717) is 17.6 Å². The summed E-state index contributed by atoms with van der Waals surface area (Å²) >= 11 is 0. The second-order valence-electron chi connectivity index (χ2n) is 6.98. The van der Waals surface area contributed by atoms with Crippen molar-refractivity contribution in [1.29, 1.82) is 0 Å². The lowest BCUT2D eigenvalue weighted by Crippen LogP contribution is -2.29. The maximum absolute atomic E-state index is 9.98. The van der Waals surface area contributed by atoms with Gasteiger partial charge in [0.05, 0.1) is 34.5 Å². The third kappa shape index (κ3) is 2.67. The van der Waals surface area contributed by atoms with E-state index in [-0.39, 0.29) is 11.7 Å². The van der Waals surface area contributed by atoms with Gasteiger partial charge in [-0.15, -0.1) is 0 Å². The SMILES string of the molecule is COc1cc([C@H]2c3cc(OC)c(OC)cc3C[C@H]3COC[C@@H]32)ccc1O. The number of hydrogen-bond acceptors (Lipinski definition) is 5. The molecule has 2 aliphatic rings. The van der Waals surface area contributed by atoms with Crippen molar-refractivity contribution in [2.24, 2.45) is 11.8 Å². The Morgan fingerprint density at radius 2 is 1.65 bits per heavy atom. The van der Waals surface area contributed by atoms with E-state index >= 15 is 0 Å². The van der Waals surface area contributed by atoms with Gasteiger partial charge in [0.2, 0.25) is 0 Å². The first-order chi connectivity index (χ1) is 12.7. The van der Waals surface area contributed by atoms with Gasteiger partial charge in [-0.05, 0) is 59.2 Å². The molecule has 0 bridgehead atoms. The van der Waals surface area contributed by atoms with Crippen molar-refractivity contribution >= 4 is 0 Å². The Labute approximate surface area is 153 Å². The number of fused-ring (bicyclic) bond motifs is 2. The molecule has 3 atom stereocenters. The third-order valence-corrected chi connectivity index (χ3v) is 5.70. The minimum atomic E-state index is 0.152. The van der Waals surface area contributed by atoms with Crippen LogP contribution in [-0.4, -0.2) is 39.6 Å². The maximum atomic E-state index is 9.98. The predicted octanol–water partition coefficient (Wildman–Crippen LogP) is 3.37. The topological polar surface area (TPSA) is 57.2 Å². The molecule has 0 amide bonds. The van der Waals surface area contributed by atoms with Crippen molar-refractivity contribution < 1.29 is 24.1 Å². The largest absolute Gasteiger partial charge is 0.504 e. The summed E-state index contributed by atoms with van der Waals surface area (Å²) in [5, 5.41) is 9.98. The van der Waals surface area contributed by atoms with Crippen LogP contribution in [-0.2, 0) is 11.2 Å². The minimum absolute atomic E-state index is 0.152. The first kappa shape index (κ1) is 17.0. The van der Waals surface area contributed by atoms with E-state index in [0.717, 1.165) is 36.7 Å². The number of phenols is 1. The third-order valence-electron chi connectivity index (χ3n) is 5.70. The summed E-state index contributed by atoms with van der Waals surface area (Å²) in [6.45, 7) is 1.52. The zero-order chi connectivity index (χ0) is 18.3. The van der Waals surface area contributed by atoms with Crippen molar-refractivity contribution in [3.05, 3.63) is 47.0 Å². The molecule has 2 aromatic carbocycles. The summed E-state index contributed by atoms with van der Waals surface area (Å²) in [6, 6.07) is 9.79. The van der Waals surface area contributed by atoms with Crippen LogP contribution in [0.3, 0.4) is 0 Å². The van der Waals surface area contributed by atoms with E-state index in [1.54, 1.807) is 27.4 Å². The van der Waals surface area contributed by atoms with E-state index in [4.69, 9.17) is 18.9 Å². The van der Waals surface area contributed by atoms with Gasteiger partial charge < -0.3 is 24.1 Å². The molecule has 1 aliphatic heterocycles. The van der Waals surface area contributed by atoms with Gasteiger partial charge in [0.1, 0.15) is 0 Å². The molecule has 1 heterocycles. The molecule has 138 valence electrons. The van der Waals surface area contributed by atoms with Crippen LogP contribution in [0.1, 0.15) is 22.6 Å². The number of methoxy groups -OCH3 is 3. The Morgan fingerprint density at radius 1 is 0.923 bits per heavy atom. The van der Waals surface area contributed by atoms with Crippen LogP contribution in [0.5, 0.6) is 23.0 Å². The van der Waals surface area contributed by atoms with E-state index < -0.39 is 0 Å². The van der Waals surface area contributed by atoms with Gasteiger partial charge in [0.15, 0.2) is 23.0 Å². The summed E-state index contributed by atoms with van der Waals surface area (Å²) in [4.78, 5) is 0. The second kappa shape index (κ2) is 6.72. The van der Waals surface area contributed by atoms with Gasteiger partial charge in [0.25, 0.3) is 0 Å². The molecule has 0 aromatic heterocycles. The fourth-order valence-corrected chi connectivity index (χ4v) is 4.42.